The monoisotopic (exact) mass is 175 g/mol. The molecule has 0 aromatic heterocycles. The van der Waals surface area contributed by atoms with Crippen LogP contribution in [0.4, 0.5) is 0 Å². The number of hydrogen-bond acceptors (Lipinski definition) is 1. The molecular formula is C12H17N. The molecule has 0 aliphatic rings. The molecule has 1 aromatic rings. The number of hydrogen-bond donors (Lipinski definition) is 0. The molecule has 0 unspecified atom stereocenters. The fourth-order valence-corrected chi connectivity index (χ4v) is 1.26. The molecule has 0 aliphatic heterocycles. The summed E-state index contributed by atoms with van der Waals surface area (Å²) in [6, 6.07) is 8.57. The molecule has 0 aliphatic carbocycles. The lowest BCUT2D eigenvalue weighted by Gasteiger charge is -2.09. The van der Waals surface area contributed by atoms with Crippen LogP contribution in [0.25, 0.3) is 5.57 Å². The number of rotatable bonds is 3. The summed E-state index contributed by atoms with van der Waals surface area (Å²) >= 11 is 0. The third kappa shape index (κ3) is 3.03. The van der Waals surface area contributed by atoms with Crippen LogP contribution in [0.3, 0.4) is 0 Å². The molecule has 0 bridgehead atoms. The van der Waals surface area contributed by atoms with E-state index in [1.165, 1.54) is 11.1 Å². The Balaban J connectivity index is 2.75. The quantitative estimate of drug-likeness (QED) is 0.682. The van der Waals surface area contributed by atoms with E-state index in [1.54, 1.807) is 0 Å². The first-order chi connectivity index (χ1) is 6.09. The van der Waals surface area contributed by atoms with E-state index in [4.69, 9.17) is 0 Å². The van der Waals surface area contributed by atoms with Gasteiger partial charge in [-0.05, 0) is 32.1 Å². The highest BCUT2D eigenvalue weighted by Crippen LogP contribution is 2.12. The molecule has 1 rings (SSSR count). The predicted molar refractivity (Wildman–Crippen MR) is 58.5 cm³/mol. The highest BCUT2D eigenvalue weighted by Gasteiger charge is 1.96. The maximum absolute atomic E-state index is 3.91. The lowest BCUT2D eigenvalue weighted by atomic mass is 10.1. The van der Waals surface area contributed by atoms with Crippen LogP contribution in [-0.4, -0.2) is 19.0 Å². The Hall–Kier alpha value is -1.08. The zero-order valence-electron chi connectivity index (χ0n) is 8.67. The van der Waals surface area contributed by atoms with E-state index in [-0.39, 0.29) is 0 Å². The Labute approximate surface area is 80.7 Å². The molecule has 0 saturated heterocycles. The normalized spacial score (nSPS) is 10.5. The van der Waals surface area contributed by atoms with Crippen molar-refractivity contribution in [2.24, 2.45) is 0 Å². The Morgan fingerprint density at radius 1 is 1.23 bits per heavy atom. The van der Waals surface area contributed by atoms with Crippen molar-refractivity contribution >= 4 is 5.57 Å². The van der Waals surface area contributed by atoms with Crippen LogP contribution in [-0.2, 0) is 6.54 Å². The van der Waals surface area contributed by atoms with Crippen LogP contribution in [0.1, 0.15) is 18.1 Å². The van der Waals surface area contributed by atoms with Gasteiger partial charge < -0.3 is 4.90 Å². The minimum absolute atomic E-state index is 0.996. The molecule has 0 heterocycles. The van der Waals surface area contributed by atoms with Gasteiger partial charge >= 0.3 is 0 Å². The van der Waals surface area contributed by atoms with Crippen molar-refractivity contribution in [1.82, 2.24) is 4.90 Å². The number of nitrogens with zero attached hydrogens (tertiary/aromatic N) is 1. The molecule has 0 radical (unpaired) electrons. The van der Waals surface area contributed by atoms with Crippen molar-refractivity contribution < 1.29 is 0 Å². The van der Waals surface area contributed by atoms with E-state index in [0.29, 0.717) is 0 Å². The van der Waals surface area contributed by atoms with Gasteiger partial charge in [-0.15, -0.1) is 0 Å². The first-order valence-corrected chi connectivity index (χ1v) is 4.49. The van der Waals surface area contributed by atoms with Crippen molar-refractivity contribution in [3.05, 3.63) is 42.0 Å². The summed E-state index contributed by atoms with van der Waals surface area (Å²) in [6.45, 7) is 6.93. The van der Waals surface area contributed by atoms with Crippen molar-refractivity contribution in [2.45, 2.75) is 13.5 Å². The smallest absolute Gasteiger partial charge is 0.0227 e. The molecule has 70 valence electrons. The summed E-state index contributed by atoms with van der Waals surface area (Å²) in [4.78, 5) is 2.16. The van der Waals surface area contributed by atoms with Gasteiger partial charge in [0.25, 0.3) is 0 Å². The topological polar surface area (TPSA) is 3.24 Å². The van der Waals surface area contributed by atoms with Crippen LogP contribution in [0.15, 0.2) is 30.8 Å². The average Bonchev–Trinajstić information content (AvgIpc) is 2.04. The fraction of sp³-hybridized carbons (Fsp3) is 0.333. The minimum atomic E-state index is 0.996. The van der Waals surface area contributed by atoms with Crippen molar-refractivity contribution in [3.8, 4) is 0 Å². The first-order valence-electron chi connectivity index (χ1n) is 4.49. The lowest BCUT2D eigenvalue weighted by Crippen LogP contribution is -2.10. The maximum Gasteiger partial charge on any atom is 0.0227 e. The highest BCUT2D eigenvalue weighted by atomic mass is 15.0. The summed E-state index contributed by atoms with van der Waals surface area (Å²) in [5, 5.41) is 0. The molecule has 0 spiro atoms. The Morgan fingerprint density at radius 2 is 1.77 bits per heavy atom. The van der Waals surface area contributed by atoms with Gasteiger partial charge in [-0.2, -0.15) is 0 Å². The average molecular weight is 175 g/mol. The molecule has 1 heteroatoms. The molecule has 1 nitrogen and oxygen atoms in total. The summed E-state index contributed by atoms with van der Waals surface area (Å²) < 4.78 is 0. The molecule has 0 fully saturated rings. The van der Waals surface area contributed by atoms with E-state index in [9.17, 15) is 0 Å². The molecule has 0 amide bonds. The number of benzene rings is 1. The minimum Gasteiger partial charge on any atom is -0.305 e. The second-order valence-electron chi connectivity index (χ2n) is 3.72. The number of allylic oxidation sites excluding steroid dienone is 1. The highest BCUT2D eigenvalue weighted by molar-refractivity contribution is 5.61. The third-order valence-electron chi connectivity index (χ3n) is 1.95. The van der Waals surface area contributed by atoms with Crippen molar-refractivity contribution in [2.75, 3.05) is 14.1 Å². The van der Waals surface area contributed by atoms with E-state index < -0.39 is 0 Å². The maximum atomic E-state index is 3.91. The van der Waals surface area contributed by atoms with Gasteiger partial charge in [-0.1, -0.05) is 36.4 Å². The molecule has 1 aromatic carbocycles. The molecule has 0 atom stereocenters. The van der Waals surface area contributed by atoms with Gasteiger partial charge in [0.1, 0.15) is 0 Å². The van der Waals surface area contributed by atoms with Crippen LogP contribution in [0.2, 0.25) is 0 Å². The van der Waals surface area contributed by atoms with Crippen LogP contribution in [0, 0.1) is 0 Å². The van der Waals surface area contributed by atoms with Gasteiger partial charge in [0.15, 0.2) is 0 Å². The summed E-state index contributed by atoms with van der Waals surface area (Å²) in [7, 11) is 4.15. The van der Waals surface area contributed by atoms with E-state index >= 15 is 0 Å². The second-order valence-corrected chi connectivity index (χ2v) is 3.72. The van der Waals surface area contributed by atoms with Gasteiger partial charge in [0.05, 0.1) is 0 Å². The van der Waals surface area contributed by atoms with Gasteiger partial charge in [-0.3, -0.25) is 0 Å². The molecular weight excluding hydrogens is 158 g/mol. The molecule has 13 heavy (non-hydrogen) atoms. The second kappa shape index (κ2) is 4.24. The molecule has 0 N–H and O–H groups in total. The fourth-order valence-electron chi connectivity index (χ4n) is 1.26. The summed E-state index contributed by atoms with van der Waals surface area (Å²) in [6.07, 6.45) is 0. The first kappa shape index (κ1) is 10.0. The van der Waals surface area contributed by atoms with Crippen LogP contribution < -0.4 is 0 Å². The Kier molecular flexibility index (Phi) is 3.26. The molecule has 0 saturated carbocycles. The van der Waals surface area contributed by atoms with Crippen LogP contribution in [0.5, 0.6) is 0 Å². The zero-order chi connectivity index (χ0) is 9.84. The van der Waals surface area contributed by atoms with Crippen molar-refractivity contribution in [3.63, 3.8) is 0 Å². The Bertz CT molecular complexity index is 282. The summed E-state index contributed by atoms with van der Waals surface area (Å²) in [5.41, 5.74) is 3.69. The third-order valence-corrected chi connectivity index (χ3v) is 1.95. The van der Waals surface area contributed by atoms with Gasteiger partial charge in [0, 0.05) is 6.54 Å². The zero-order valence-corrected chi connectivity index (χ0v) is 8.67. The van der Waals surface area contributed by atoms with Crippen LogP contribution >= 0.6 is 0 Å². The largest absolute Gasteiger partial charge is 0.305 e. The van der Waals surface area contributed by atoms with E-state index in [1.807, 2.05) is 6.92 Å². The Morgan fingerprint density at radius 3 is 2.15 bits per heavy atom. The summed E-state index contributed by atoms with van der Waals surface area (Å²) in [5.74, 6) is 0. The lowest BCUT2D eigenvalue weighted by molar-refractivity contribution is 0.402. The van der Waals surface area contributed by atoms with Crippen molar-refractivity contribution in [1.29, 1.82) is 0 Å². The SMILES string of the molecule is C=C(C)c1ccc(CN(C)C)cc1. The van der Waals surface area contributed by atoms with Gasteiger partial charge in [0.2, 0.25) is 0 Å². The van der Waals surface area contributed by atoms with E-state index in [0.717, 1.165) is 12.1 Å². The van der Waals surface area contributed by atoms with Gasteiger partial charge in [-0.25, -0.2) is 0 Å². The van der Waals surface area contributed by atoms with E-state index in [2.05, 4.69) is 49.8 Å². The standard InChI is InChI=1S/C12H17N/c1-10(2)12-7-5-11(6-8-12)9-13(3)4/h5-8H,1,9H2,2-4H3. The predicted octanol–water partition coefficient (Wildman–Crippen LogP) is 2.78.